The first-order valence-corrected chi connectivity index (χ1v) is 7.71. The van der Waals surface area contributed by atoms with Gasteiger partial charge in [0.05, 0.1) is 6.61 Å². The van der Waals surface area contributed by atoms with Gasteiger partial charge in [0.2, 0.25) is 0 Å². The second-order valence-electron chi connectivity index (χ2n) is 5.03. The van der Waals surface area contributed by atoms with Crippen LogP contribution in [-0.4, -0.2) is 36.1 Å². The number of carbonyl (C=O) groups excluding carboxylic acids is 2. The van der Waals surface area contributed by atoms with E-state index in [2.05, 4.69) is 10.3 Å². The van der Waals surface area contributed by atoms with Crippen LogP contribution in [0.15, 0.2) is 54.9 Å². The lowest BCUT2D eigenvalue weighted by Crippen LogP contribution is -2.45. The first-order chi connectivity index (χ1) is 11.7. The van der Waals surface area contributed by atoms with Crippen LogP contribution in [0.25, 0.3) is 0 Å². The number of rotatable bonds is 8. The molecule has 0 bridgehead atoms. The molecule has 0 aliphatic heterocycles. The third-order valence-corrected chi connectivity index (χ3v) is 3.21. The zero-order valence-corrected chi connectivity index (χ0v) is 13.5. The summed E-state index contributed by atoms with van der Waals surface area (Å²) in [5.74, 6) is -0.261. The van der Waals surface area contributed by atoms with E-state index in [-0.39, 0.29) is 19.1 Å². The van der Waals surface area contributed by atoms with Gasteiger partial charge < -0.3 is 14.8 Å². The lowest BCUT2D eigenvalue weighted by Gasteiger charge is -2.17. The third-order valence-electron chi connectivity index (χ3n) is 3.21. The van der Waals surface area contributed by atoms with E-state index in [1.807, 2.05) is 18.2 Å². The quantitative estimate of drug-likeness (QED) is 0.747. The lowest BCUT2D eigenvalue weighted by molar-refractivity contribution is -0.147. The second kappa shape index (κ2) is 9.29. The van der Waals surface area contributed by atoms with Crippen molar-refractivity contribution in [1.29, 1.82) is 0 Å². The summed E-state index contributed by atoms with van der Waals surface area (Å²) in [6.07, 6.45) is 3.61. The first-order valence-electron chi connectivity index (χ1n) is 7.71. The number of esters is 1. The Bertz CT molecular complexity index is 647. The highest BCUT2D eigenvalue weighted by Gasteiger charge is 2.22. The molecule has 0 saturated carbocycles. The smallest absolute Gasteiger partial charge is 0.328 e. The van der Waals surface area contributed by atoms with Crippen LogP contribution in [0, 0.1) is 0 Å². The molecule has 6 nitrogen and oxygen atoms in total. The summed E-state index contributed by atoms with van der Waals surface area (Å²) in [6.45, 7) is 1.81. The molecule has 2 aromatic rings. The highest BCUT2D eigenvalue weighted by Crippen LogP contribution is 2.08. The summed E-state index contributed by atoms with van der Waals surface area (Å²) in [6, 6.07) is 11.8. The molecule has 1 N–H and O–H groups in total. The van der Waals surface area contributed by atoms with Crippen LogP contribution in [-0.2, 0) is 20.7 Å². The molecule has 0 aliphatic rings. The average Bonchev–Trinajstić information content (AvgIpc) is 2.61. The minimum absolute atomic E-state index is 0.170. The Balaban J connectivity index is 1.93. The number of amides is 1. The van der Waals surface area contributed by atoms with Gasteiger partial charge in [-0.25, -0.2) is 4.79 Å². The minimum atomic E-state index is -0.765. The van der Waals surface area contributed by atoms with Crippen LogP contribution < -0.4 is 10.1 Å². The van der Waals surface area contributed by atoms with E-state index in [0.717, 1.165) is 5.56 Å². The van der Waals surface area contributed by atoms with Crippen molar-refractivity contribution < 1.29 is 19.1 Å². The number of ether oxygens (including phenoxy) is 2. The summed E-state index contributed by atoms with van der Waals surface area (Å²) in [7, 11) is 0. The summed E-state index contributed by atoms with van der Waals surface area (Å²) >= 11 is 0. The Morgan fingerprint density at radius 3 is 2.50 bits per heavy atom. The average molecular weight is 328 g/mol. The molecule has 0 spiro atoms. The molecule has 1 aromatic heterocycles. The minimum Gasteiger partial charge on any atom is -0.484 e. The number of hydrogen-bond acceptors (Lipinski definition) is 5. The summed E-state index contributed by atoms with van der Waals surface area (Å²) in [5, 5.41) is 2.66. The standard InChI is InChI=1S/C18H20N2O4/c1-2-23-18(22)16(12-14-8-10-19-11-9-14)20-17(21)13-24-15-6-4-3-5-7-15/h3-11,16H,2,12-13H2,1H3,(H,20,21). The highest BCUT2D eigenvalue weighted by molar-refractivity contribution is 5.85. The maximum Gasteiger partial charge on any atom is 0.328 e. The number of nitrogens with zero attached hydrogens (tertiary/aromatic N) is 1. The predicted molar refractivity (Wildman–Crippen MR) is 88.4 cm³/mol. The molecule has 0 saturated heterocycles. The largest absolute Gasteiger partial charge is 0.484 e. The number of para-hydroxylation sites is 1. The van der Waals surface area contributed by atoms with Crippen molar-refractivity contribution in [3.63, 3.8) is 0 Å². The van der Waals surface area contributed by atoms with E-state index in [9.17, 15) is 9.59 Å². The van der Waals surface area contributed by atoms with Gasteiger partial charge in [-0.1, -0.05) is 18.2 Å². The van der Waals surface area contributed by atoms with E-state index < -0.39 is 12.0 Å². The van der Waals surface area contributed by atoms with Crippen LogP contribution in [0.1, 0.15) is 12.5 Å². The number of pyridine rings is 1. The molecule has 0 radical (unpaired) electrons. The number of carbonyl (C=O) groups is 2. The molecule has 0 fully saturated rings. The molecule has 6 heteroatoms. The van der Waals surface area contributed by atoms with Gasteiger partial charge in [-0.05, 0) is 36.8 Å². The molecular weight excluding hydrogens is 308 g/mol. The van der Waals surface area contributed by atoms with Gasteiger partial charge in [-0.2, -0.15) is 0 Å². The Morgan fingerprint density at radius 2 is 1.83 bits per heavy atom. The van der Waals surface area contributed by atoms with E-state index in [1.165, 1.54) is 0 Å². The fourth-order valence-corrected chi connectivity index (χ4v) is 2.09. The van der Waals surface area contributed by atoms with Gasteiger partial charge in [-0.15, -0.1) is 0 Å². The van der Waals surface area contributed by atoms with E-state index in [1.54, 1.807) is 43.6 Å². The molecule has 24 heavy (non-hydrogen) atoms. The Kier molecular flexibility index (Phi) is 6.76. The number of aromatic nitrogens is 1. The lowest BCUT2D eigenvalue weighted by atomic mass is 10.1. The fourth-order valence-electron chi connectivity index (χ4n) is 2.09. The Hall–Kier alpha value is -2.89. The molecule has 0 aliphatic carbocycles. The van der Waals surface area contributed by atoms with Crippen LogP contribution in [0.2, 0.25) is 0 Å². The number of nitrogens with one attached hydrogen (secondary N) is 1. The first kappa shape index (κ1) is 17.5. The maximum atomic E-state index is 12.1. The summed E-state index contributed by atoms with van der Waals surface area (Å²) in [4.78, 5) is 28.1. The molecule has 1 heterocycles. The van der Waals surface area contributed by atoms with E-state index in [0.29, 0.717) is 12.2 Å². The Morgan fingerprint density at radius 1 is 1.12 bits per heavy atom. The van der Waals surface area contributed by atoms with Crippen LogP contribution >= 0.6 is 0 Å². The second-order valence-corrected chi connectivity index (χ2v) is 5.03. The molecule has 1 amide bonds. The third kappa shape index (κ3) is 5.72. The predicted octanol–water partition coefficient (Wildman–Crippen LogP) is 1.75. The van der Waals surface area contributed by atoms with Gasteiger partial charge in [0, 0.05) is 18.8 Å². The van der Waals surface area contributed by atoms with Gasteiger partial charge in [0.25, 0.3) is 5.91 Å². The molecule has 1 aromatic carbocycles. The molecule has 1 unspecified atom stereocenters. The van der Waals surface area contributed by atoms with Crippen molar-refractivity contribution in [2.24, 2.45) is 0 Å². The van der Waals surface area contributed by atoms with E-state index >= 15 is 0 Å². The zero-order valence-electron chi connectivity index (χ0n) is 13.5. The molecule has 1 atom stereocenters. The molecule has 126 valence electrons. The highest BCUT2D eigenvalue weighted by atomic mass is 16.5. The fraction of sp³-hybridized carbons (Fsp3) is 0.278. The van der Waals surface area contributed by atoms with Crippen molar-refractivity contribution in [1.82, 2.24) is 10.3 Å². The van der Waals surface area contributed by atoms with Crippen LogP contribution in [0.3, 0.4) is 0 Å². The summed E-state index contributed by atoms with van der Waals surface area (Å²) < 4.78 is 10.4. The van der Waals surface area contributed by atoms with Gasteiger partial charge in [-0.3, -0.25) is 9.78 Å². The van der Waals surface area contributed by atoms with Crippen LogP contribution in [0.4, 0.5) is 0 Å². The summed E-state index contributed by atoms with van der Waals surface area (Å²) in [5.41, 5.74) is 0.882. The van der Waals surface area contributed by atoms with Gasteiger partial charge >= 0.3 is 5.97 Å². The normalized spacial score (nSPS) is 11.4. The van der Waals surface area contributed by atoms with Crippen molar-refractivity contribution in [3.8, 4) is 5.75 Å². The maximum absolute atomic E-state index is 12.1. The van der Waals surface area contributed by atoms with Crippen molar-refractivity contribution >= 4 is 11.9 Å². The van der Waals surface area contributed by atoms with Gasteiger partial charge in [0.1, 0.15) is 11.8 Å². The molecular formula is C18H20N2O4. The number of hydrogen-bond donors (Lipinski definition) is 1. The SMILES string of the molecule is CCOC(=O)C(Cc1ccncc1)NC(=O)COc1ccccc1. The topological polar surface area (TPSA) is 77.5 Å². The number of benzene rings is 1. The van der Waals surface area contributed by atoms with Gasteiger partial charge in [0.15, 0.2) is 6.61 Å². The Labute approximate surface area is 140 Å². The van der Waals surface area contributed by atoms with Crippen molar-refractivity contribution in [2.75, 3.05) is 13.2 Å². The molecule has 2 rings (SSSR count). The zero-order chi connectivity index (χ0) is 17.2. The monoisotopic (exact) mass is 328 g/mol. The van der Waals surface area contributed by atoms with E-state index in [4.69, 9.17) is 9.47 Å². The van der Waals surface area contributed by atoms with Crippen LogP contribution in [0.5, 0.6) is 5.75 Å². The van der Waals surface area contributed by atoms with Crippen molar-refractivity contribution in [2.45, 2.75) is 19.4 Å². The van der Waals surface area contributed by atoms with Crippen molar-refractivity contribution in [3.05, 3.63) is 60.4 Å².